The highest BCUT2D eigenvalue weighted by Gasteiger charge is 2.28. The summed E-state index contributed by atoms with van der Waals surface area (Å²) in [6.45, 7) is 4.60. The van der Waals surface area contributed by atoms with Crippen molar-refractivity contribution in [3.63, 3.8) is 0 Å². The molecule has 0 atom stereocenters. The third-order valence-corrected chi connectivity index (χ3v) is 3.65. The van der Waals surface area contributed by atoms with Gasteiger partial charge in [-0.3, -0.25) is 4.99 Å². The van der Waals surface area contributed by atoms with E-state index in [1.165, 1.54) is 50.8 Å². The van der Waals surface area contributed by atoms with E-state index in [4.69, 9.17) is 0 Å². The summed E-state index contributed by atoms with van der Waals surface area (Å²) in [7, 11) is 0. The quantitative estimate of drug-likeness (QED) is 0.718. The van der Waals surface area contributed by atoms with Crippen LogP contribution in [0.1, 0.15) is 51.9 Å². The number of nitrogens with one attached hydrogen (secondary N) is 1. The van der Waals surface area contributed by atoms with Gasteiger partial charge in [-0.05, 0) is 31.1 Å². The van der Waals surface area contributed by atoms with E-state index in [2.05, 4.69) is 17.2 Å². The first-order chi connectivity index (χ1) is 6.79. The minimum absolute atomic E-state index is 0.556. The molecule has 1 saturated carbocycles. The second kappa shape index (κ2) is 4.33. The van der Waals surface area contributed by atoms with E-state index in [-0.39, 0.29) is 0 Å². The van der Waals surface area contributed by atoms with Crippen LogP contribution in [0.2, 0.25) is 0 Å². The molecule has 2 heteroatoms. The van der Waals surface area contributed by atoms with Crippen molar-refractivity contribution in [3.05, 3.63) is 0 Å². The first kappa shape index (κ1) is 10.0. The van der Waals surface area contributed by atoms with E-state index in [1.807, 2.05) is 0 Å². The molecule has 1 fully saturated rings. The normalized spacial score (nSPS) is 25.9. The molecule has 0 radical (unpaired) electrons. The van der Waals surface area contributed by atoms with Gasteiger partial charge in [-0.25, -0.2) is 0 Å². The Balaban J connectivity index is 1.78. The Morgan fingerprint density at radius 1 is 1.21 bits per heavy atom. The second-order valence-corrected chi connectivity index (χ2v) is 5.16. The number of hydrogen-bond acceptors (Lipinski definition) is 2. The zero-order chi connectivity index (χ0) is 9.86. The average Bonchev–Trinajstić information content (AvgIpc) is 2.65. The molecule has 14 heavy (non-hydrogen) atoms. The van der Waals surface area contributed by atoms with Crippen LogP contribution in [0.15, 0.2) is 4.99 Å². The van der Waals surface area contributed by atoms with Crippen molar-refractivity contribution in [1.29, 1.82) is 0 Å². The smallest absolute Gasteiger partial charge is 0.0963 e. The van der Waals surface area contributed by atoms with Crippen molar-refractivity contribution in [3.8, 4) is 0 Å². The van der Waals surface area contributed by atoms with E-state index in [0.29, 0.717) is 5.41 Å². The summed E-state index contributed by atoms with van der Waals surface area (Å²) >= 11 is 0. The van der Waals surface area contributed by atoms with Gasteiger partial charge < -0.3 is 5.32 Å². The molecule has 0 spiro atoms. The van der Waals surface area contributed by atoms with Crippen molar-refractivity contribution in [2.45, 2.75) is 51.9 Å². The fraction of sp³-hybridized carbons (Fsp3) is 0.917. The Hall–Kier alpha value is -0.530. The number of rotatable bonds is 2. The Kier molecular flexibility index (Phi) is 3.09. The number of nitrogens with zero attached hydrogens (tertiary/aromatic N) is 1. The van der Waals surface area contributed by atoms with Gasteiger partial charge >= 0.3 is 0 Å². The minimum Gasteiger partial charge on any atom is -0.373 e. The average molecular weight is 194 g/mol. The number of amidine groups is 1. The van der Waals surface area contributed by atoms with Gasteiger partial charge in [0, 0.05) is 19.5 Å². The second-order valence-electron chi connectivity index (χ2n) is 5.16. The van der Waals surface area contributed by atoms with Crippen LogP contribution in [-0.4, -0.2) is 18.9 Å². The molecule has 2 aliphatic rings. The minimum atomic E-state index is 0.556. The summed E-state index contributed by atoms with van der Waals surface area (Å²) in [6, 6.07) is 0. The Morgan fingerprint density at radius 2 is 2.00 bits per heavy atom. The van der Waals surface area contributed by atoms with Crippen LogP contribution in [0.3, 0.4) is 0 Å². The lowest BCUT2D eigenvalue weighted by atomic mass is 9.89. The van der Waals surface area contributed by atoms with Crippen LogP contribution >= 0.6 is 0 Å². The first-order valence-corrected chi connectivity index (χ1v) is 6.06. The Morgan fingerprint density at radius 3 is 2.64 bits per heavy atom. The maximum atomic E-state index is 4.53. The lowest BCUT2D eigenvalue weighted by Crippen LogP contribution is -2.35. The molecule has 0 aromatic heterocycles. The van der Waals surface area contributed by atoms with Crippen molar-refractivity contribution >= 4 is 5.84 Å². The van der Waals surface area contributed by atoms with Crippen LogP contribution < -0.4 is 5.32 Å². The van der Waals surface area contributed by atoms with E-state index in [9.17, 15) is 0 Å². The Bertz CT molecular complexity index is 214. The molecule has 2 rings (SSSR count). The van der Waals surface area contributed by atoms with Crippen molar-refractivity contribution < 1.29 is 0 Å². The molecule has 1 heterocycles. The monoisotopic (exact) mass is 194 g/mol. The van der Waals surface area contributed by atoms with Gasteiger partial charge in [0.05, 0.1) is 5.84 Å². The van der Waals surface area contributed by atoms with Gasteiger partial charge in [-0.15, -0.1) is 0 Å². The number of aliphatic imine (C=N–C) groups is 1. The van der Waals surface area contributed by atoms with Crippen LogP contribution in [-0.2, 0) is 0 Å². The van der Waals surface area contributed by atoms with E-state index in [0.717, 1.165) is 13.1 Å². The molecule has 0 unspecified atom stereocenters. The van der Waals surface area contributed by atoms with E-state index >= 15 is 0 Å². The Labute approximate surface area is 87.2 Å². The summed E-state index contributed by atoms with van der Waals surface area (Å²) in [4.78, 5) is 4.53. The van der Waals surface area contributed by atoms with Gasteiger partial charge in [0.2, 0.25) is 0 Å². The highest BCUT2D eigenvalue weighted by atomic mass is 15.0. The first-order valence-electron chi connectivity index (χ1n) is 6.06. The number of hydrogen-bond donors (Lipinski definition) is 1. The fourth-order valence-corrected chi connectivity index (χ4v) is 2.56. The zero-order valence-electron chi connectivity index (χ0n) is 9.31. The standard InChI is InChI=1S/C12H22N2/c1-12(7-3-4-8-12)10-14-11-6-2-5-9-13-11/h2-10H2,1H3,(H,13,14). The van der Waals surface area contributed by atoms with Crippen molar-refractivity contribution in [2.75, 3.05) is 13.1 Å². The van der Waals surface area contributed by atoms with Crippen LogP contribution in [0, 0.1) is 5.41 Å². The third kappa shape index (κ3) is 2.49. The zero-order valence-corrected chi connectivity index (χ0v) is 9.31. The molecule has 0 amide bonds. The fourth-order valence-electron chi connectivity index (χ4n) is 2.56. The van der Waals surface area contributed by atoms with Gasteiger partial charge in [0.25, 0.3) is 0 Å². The molecule has 0 saturated heterocycles. The summed E-state index contributed by atoms with van der Waals surface area (Å²) < 4.78 is 0. The summed E-state index contributed by atoms with van der Waals surface area (Å²) in [5, 5.41) is 3.55. The third-order valence-electron chi connectivity index (χ3n) is 3.65. The molecule has 0 bridgehead atoms. The van der Waals surface area contributed by atoms with Gasteiger partial charge in [0.1, 0.15) is 0 Å². The lowest BCUT2D eigenvalue weighted by Gasteiger charge is -2.25. The highest BCUT2D eigenvalue weighted by molar-refractivity contribution is 5.82. The molecule has 1 N–H and O–H groups in total. The summed E-state index contributed by atoms with van der Waals surface area (Å²) in [5.74, 6) is 1.27. The molecule has 80 valence electrons. The highest BCUT2D eigenvalue weighted by Crippen LogP contribution is 2.36. The molecule has 0 aromatic carbocycles. The van der Waals surface area contributed by atoms with Crippen molar-refractivity contribution in [1.82, 2.24) is 5.32 Å². The summed E-state index contributed by atoms with van der Waals surface area (Å²) in [5.41, 5.74) is 0.556. The SMILES string of the molecule is CC1(CNC2=NCCCC2)CCCC1. The summed E-state index contributed by atoms with van der Waals surface area (Å²) in [6.07, 6.45) is 9.41. The predicted molar refractivity (Wildman–Crippen MR) is 60.7 cm³/mol. The maximum Gasteiger partial charge on any atom is 0.0963 e. The largest absolute Gasteiger partial charge is 0.373 e. The molecular formula is C12H22N2. The van der Waals surface area contributed by atoms with Crippen LogP contribution in [0.4, 0.5) is 0 Å². The van der Waals surface area contributed by atoms with E-state index < -0.39 is 0 Å². The van der Waals surface area contributed by atoms with Crippen molar-refractivity contribution in [2.24, 2.45) is 10.4 Å². The predicted octanol–water partition coefficient (Wildman–Crippen LogP) is 2.74. The molecule has 1 aliphatic heterocycles. The van der Waals surface area contributed by atoms with E-state index in [1.54, 1.807) is 0 Å². The van der Waals surface area contributed by atoms with Gasteiger partial charge in [0.15, 0.2) is 0 Å². The van der Waals surface area contributed by atoms with Gasteiger partial charge in [-0.2, -0.15) is 0 Å². The van der Waals surface area contributed by atoms with Crippen LogP contribution in [0.25, 0.3) is 0 Å². The molecule has 2 nitrogen and oxygen atoms in total. The van der Waals surface area contributed by atoms with Crippen LogP contribution in [0.5, 0.6) is 0 Å². The topological polar surface area (TPSA) is 24.4 Å². The lowest BCUT2D eigenvalue weighted by molar-refractivity contribution is 0.334. The maximum absolute atomic E-state index is 4.53. The molecular weight excluding hydrogens is 172 g/mol. The molecule has 0 aromatic rings. The molecule has 1 aliphatic carbocycles. The van der Waals surface area contributed by atoms with Gasteiger partial charge in [-0.1, -0.05) is 19.8 Å².